The first-order chi connectivity index (χ1) is 19.6. The summed E-state index contributed by atoms with van der Waals surface area (Å²) in [4.78, 5) is 26.8. The summed E-state index contributed by atoms with van der Waals surface area (Å²) in [6.45, 7) is 7.55. The van der Waals surface area contributed by atoms with Crippen LogP contribution in [0, 0.1) is 0 Å². The Kier molecular flexibility index (Phi) is 8.91. The molecule has 1 heterocycles. The lowest BCUT2D eigenvalue weighted by Gasteiger charge is -2.21. The quantitative estimate of drug-likeness (QED) is 0.168. The Morgan fingerprint density at radius 1 is 0.805 bits per heavy atom. The Hall–Kier alpha value is -4.86. The van der Waals surface area contributed by atoms with Crippen molar-refractivity contribution in [1.82, 2.24) is 10.3 Å². The summed E-state index contributed by atoms with van der Waals surface area (Å²) >= 11 is 0. The number of Topliss-reactive ketones (excluding diaryl/α,β-unsaturated/α-hetero) is 1. The van der Waals surface area contributed by atoms with Crippen LogP contribution in [0.25, 0.3) is 16.6 Å². The van der Waals surface area contributed by atoms with Gasteiger partial charge in [-0.2, -0.15) is 0 Å². The first-order valence-corrected chi connectivity index (χ1v) is 13.0. The number of carboxylic acid groups (broad SMARTS) is 1. The lowest BCUT2D eigenvalue weighted by molar-refractivity contribution is -0.130. The van der Waals surface area contributed by atoms with Gasteiger partial charge in [-0.3, -0.25) is 4.79 Å². The highest BCUT2D eigenvalue weighted by atomic mass is 16.6. The molecule has 10 nitrogen and oxygen atoms in total. The number of hydrogen-bond donors (Lipinski definition) is 1. The molecule has 0 fully saturated rings. The molecular formula is C31H32N2O8. The highest BCUT2D eigenvalue weighted by Gasteiger charge is 2.26. The first kappa shape index (κ1) is 29.1. The lowest BCUT2D eigenvalue weighted by atomic mass is 9.89. The van der Waals surface area contributed by atoms with E-state index in [1.807, 2.05) is 27.7 Å². The van der Waals surface area contributed by atoms with Crippen LogP contribution in [0.3, 0.4) is 0 Å². The van der Waals surface area contributed by atoms with Gasteiger partial charge in [-0.1, -0.05) is 6.07 Å². The summed E-state index contributed by atoms with van der Waals surface area (Å²) < 4.78 is 27.7. The van der Waals surface area contributed by atoms with Crippen molar-refractivity contribution in [3.8, 4) is 23.0 Å². The zero-order valence-electron chi connectivity index (χ0n) is 23.8. The number of nitrogens with zero attached hydrogens (tertiary/aromatic N) is 2. The summed E-state index contributed by atoms with van der Waals surface area (Å²) in [7, 11) is 3.03. The fraction of sp³-hybridized carbons (Fsp3) is 0.290. The topological polar surface area (TPSA) is 130 Å². The second-order valence-electron chi connectivity index (χ2n) is 9.82. The zero-order valence-corrected chi connectivity index (χ0v) is 23.8. The van der Waals surface area contributed by atoms with Gasteiger partial charge >= 0.3 is 5.97 Å². The smallest absolute Gasteiger partial charge is 0.336 e. The number of ketones is 1. The first-order valence-electron chi connectivity index (χ1n) is 13.0. The molecule has 4 aromatic rings. The Balaban J connectivity index is 1.93. The van der Waals surface area contributed by atoms with E-state index < -0.39 is 11.8 Å². The van der Waals surface area contributed by atoms with Gasteiger partial charge in [0.15, 0.2) is 17.3 Å². The third kappa shape index (κ3) is 6.66. The molecule has 214 valence electrons. The van der Waals surface area contributed by atoms with Crippen molar-refractivity contribution in [2.45, 2.75) is 46.3 Å². The predicted molar refractivity (Wildman–Crippen MR) is 152 cm³/mol. The largest absolute Gasteiger partial charge is 0.497 e. The fourth-order valence-electron chi connectivity index (χ4n) is 4.35. The summed E-state index contributed by atoms with van der Waals surface area (Å²) in [5.41, 5.74) is 1.87. The number of benzene rings is 3. The van der Waals surface area contributed by atoms with Gasteiger partial charge in [0.1, 0.15) is 16.8 Å². The van der Waals surface area contributed by atoms with Crippen molar-refractivity contribution in [3.05, 3.63) is 76.9 Å². The molecule has 0 spiro atoms. The van der Waals surface area contributed by atoms with Crippen LogP contribution >= 0.6 is 0 Å². The van der Waals surface area contributed by atoms with E-state index in [-0.39, 0.29) is 35.3 Å². The summed E-state index contributed by atoms with van der Waals surface area (Å²) in [6.07, 6.45) is -0.386. The molecule has 1 N–H and O–H groups in total. The van der Waals surface area contributed by atoms with Crippen molar-refractivity contribution in [1.29, 1.82) is 0 Å². The van der Waals surface area contributed by atoms with Crippen LogP contribution in [0.4, 0.5) is 0 Å². The van der Waals surface area contributed by atoms with Crippen molar-refractivity contribution in [2.24, 2.45) is 0 Å². The summed E-state index contributed by atoms with van der Waals surface area (Å²) in [5, 5.41) is 18.1. The second-order valence-corrected chi connectivity index (χ2v) is 9.82. The number of aliphatic carboxylic acids is 1. The third-order valence-electron chi connectivity index (χ3n) is 6.08. The molecule has 3 aromatic carbocycles. The number of hydrogen-bond acceptors (Lipinski definition) is 9. The standard InChI is InChI=1S/C31H32N2O8/c1-17(2)39-27-15-19(14-26(38-6)30(27)40-18(3)4)13-23(29(34)20-7-10-22(37-5)11-8-20)28(31(35)36)21-9-12-24-25(16-21)33-41-32-24/h7-12,14-18H,13H2,1-6H3,(H,35,36)/b28-23+. The second kappa shape index (κ2) is 12.5. The normalized spacial score (nSPS) is 11.9. The number of carbonyl (C=O) groups is 2. The van der Waals surface area contributed by atoms with E-state index in [4.69, 9.17) is 23.6 Å². The third-order valence-corrected chi connectivity index (χ3v) is 6.08. The maximum Gasteiger partial charge on any atom is 0.336 e. The number of carbonyl (C=O) groups excluding carboxylic acids is 1. The molecular weight excluding hydrogens is 528 g/mol. The van der Waals surface area contributed by atoms with Crippen LogP contribution in [0.15, 0.2) is 64.8 Å². The Morgan fingerprint density at radius 2 is 1.44 bits per heavy atom. The monoisotopic (exact) mass is 560 g/mol. The number of allylic oxidation sites excluding steroid dienone is 1. The average Bonchev–Trinajstić information content (AvgIpc) is 3.41. The molecule has 41 heavy (non-hydrogen) atoms. The number of fused-ring (bicyclic) bond motifs is 1. The molecule has 4 rings (SSSR count). The molecule has 0 atom stereocenters. The van der Waals surface area contributed by atoms with Crippen molar-refractivity contribution in [3.63, 3.8) is 0 Å². The Morgan fingerprint density at radius 3 is 2.05 bits per heavy atom. The molecule has 0 unspecified atom stereocenters. The number of rotatable bonds is 12. The van der Waals surface area contributed by atoms with Crippen molar-refractivity contribution < 1.29 is 38.3 Å². The van der Waals surface area contributed by atoms with E-state index in [2.05, 4.69) is 10.3 Å². The van der Waals surface area contributed by atoms with E-state index in [0.717, 1.165) is 0 Å². The molecule has 0 aliphatic rings. The van der Waals surface area contributed by atoms with Crippen LogP contribution in [0.1, 0.15) is 49.2 Å². The highest BCUT2D eigenvalue weighted by molar-refractivity contribution is 6.26. The zero-order chi connectivity index (χ0) is 29.7. The maximum atomic E-state index is 14.0. The van der Waals surface area contributed by atoms with Gasteiger partial charge in [-0.25, -0.2) is 9.42 Å². The van der Waals surface area contributed by atoms with Gasteiger partial charge in [0.05, 0.1) is 32.0 Å². The van der Waals surface area contributed by atoms with Gasteiger partial charge in [0.25, 0.3) is 0 Å². The molecule has 0 saturated heterocycles. The van der Waals surface area contributed by atoms with Gasteiger partial charge in [0, 0.05) is 17.6 Å². The Bertz CT molecular complexity index is 1590. The molecule has 0 saturated carbocycles. The number of carboxylic acids is 1. The van der Waals surface area contributed by atoms with Crippen molar-refractivity contribution in [2.75, 3.05) is 14.2 Å². The van der Waals surface area contributed by atoms with E-state index >= 15 is 0 Å². The number of methoxy groups -OCH3 is 2. The fourth-order valence-corrected chi connectivity index (χ4v) is 4.35. The van der Waals surface area contributed by atoms with Gasteiger partial charge < -0.3 is 24.1 Å². The maximum absolute atomic E-state index is 14.0. The van der Waals surface area contributed by atoms with Crippen LogP contribution in [-0.2, 0) is 11.2 Å². The molecule has 0 amide bonds. The van der Waals surface area contributed by atoms with Crippen LogP contribution in [0.5, 0.6) is 23.0 Å². The van der Waals surface area contributed by atoms with Crippen LogP contribution in [-0.4, -0.2) is 53.6 Å². The average molecular weight is 561 g/mol. The lowest BCUT2D eigenvalue weighted by Crippen LogP contribution is -2.15. The minimum atomic E-state index is -1.27. The highest BCUT2D eigenvalue weighted by Crippen LogP contribution is 2.41. The predicted octanol–water partition coefficient (Wildman–Crippen LogP) is 5.78. The van der Waals surface area contributed by atoms with Crippen LogP contribution in [0.2, 0.25) is 0 Å². The molecule has 1 aromatic heterocycles. The summed E-state index contributed by atoms with van der Waals surface area (Å²) in [5.74, 6) is 0.0745. The minimum absolute atomic E-state index is 0.0472. The molecule has 0 radical (unpaired) electrons. The van der Waals surface area contributed by atoms with Gasteiger partial charge in [0.2, 0.25) is 5.75 Å². The molecule has 10 heteroatoms. The Labute approximate surface area is 237 Å². The minimum Gasteiger partial charge on any atom is -0.497 e. The van der Waals surface area contributed by atoms with E-state index in [1.54, 1.807) is 48.5 Å². The van der Waals surface area contributed by atoms with E-state index in [9.17, 15) is 14.7 Å². The molecule has 0 aliphatic heterocycles. The van der Waals surface area contributed by atoms with Crippen LogP contribution < -0.4 is 18.9 Å². The molecule has 0 bridgehead atoms. The summed E-state index contributed by atoms with van der Waals surface area (Å²) in [6, 6.07) is 14.6. The molecule has 0 aliphatic carbocycles. The number of ether oxygens (including phenoxy) is 4. The van der Waals surface area contributed by atoms with Crippen molar-refractivity contribution >= 4 is 28.4 Å². The van der Waals surface area contributed by atoms with Gasteiger partial charge in [-0.15, -0.1) is 0 Å². The number of aromatic nitrogens is 2. The van der Waals surface area contributed by atoms with E-state index in [1.165, 1.54) is 20.3 Å². The SMILES string of the molecule is COc1ccc(C(=O)/C(Cc2cc(OC)c(OC(C)C)c(OC(C)C)c2)=C(/C(=O)O)c2ccc3nonc3c2)cc1. The van der Waals surface area contributed by atoms with E-state index in [0.29, 0.717) is 45.2 Å². The van der Waals surface area contributed by atoms with Gasteiger partial charge in [-0.05, 0) is 97.7 Å².